The van der Waals surface area contributed by atoms with Crippen molar-refractivity contribution in [3.05, 3.63) is 42.2 Å². The number of benzene rings is 1. The molecule has 2 bridgehead atoms. The zero-order valence-corrected chi connectivity index (χ0v) is 12.6. The molecule has 3 heteroatoms. The summed E-state index contributed by atoms with van der Waals surface area (Å²) >= 11 is 0. The summed E-state index contributed by atoms with van der Waals surface area (Å²) in [6.45, 7) is 0.347. The van der Waals surface area contributed by atoms with E-state index in [2.05, 4.69) is 46.1 Å². The third kappa shape index (κ3) is 1.63. The molecule has 0 radical (unpaired) electrons. The van der Waals surface area contributed by atoms with Gasteiger partial charge in [-0.05, 0) is 24.3 Å². The maximum atomic E-state index is 9.66. The fourth-order valence-corrected chi connectivity index (χ4v) is 4.78. The first kappa shape index (κ1) is 12.7. The molecule has 0 saturated heterocycles. The third-order valence-corrected chi connectivity index (χ3v) is 5.94. The Balaban J connectivity index is 1.75. The lowest BCUT2D eigenvalue weighted by Gasteiger charge is -2.36. The third-order valence-electron chi connectivity index (χ3n) is 5.94. The van der Waals surface area contributed by atoms with Crippen molar-refractivity contribution < 1.29 is 9.67 Å². The zero-order valence-electron chi connectivity index (χ0n) is 12.6. The zero-order chi connectivity index (χ0) is 14.7. The second kappa shape index (κ2) is 4.56. The minimum Gasteiger partial charge on any atom is -0.396 e. The molecule has 0 amide bonds. The van der Waals surface area contributed by atoms with Crippen LogP contribution in [0.5, 0.6) is 0 Å². The first-order valence-corrected chi connectivity index (χ1v) is 8.39. The van der Waals surface area contributed by atoms with E-state index in [9.17, 15) is 5.11 Å². The molecule has 3 aromatic rings. The first-order valence-electron chi connectivity index (χ1n) is 8.39. The van der Waals surface area contributed by atoms with Gasteiger partial charge in [-0.15, -0.1) is 0 Å². The lowest BCUT2D eigenvalue weighted by Crippen LogP contribution is -2.52. The maximum absolute atomic E-state index is 9.66. The molecular formula is C19H21N2O+. The monoisotopic (exact) mass is 293 g/mol. The number of aliphatic hydroxyl groups excluding tert-OH is 1. The van der Waals surface area contributed by atoms with Crippen LogP contribution in [0.15, 0.2) is 36.5 Å². The predicted octanol–water partition coefficient (Wildman–Crippen LogP) is 3.11. The largest absolute Gasteiger partial charge is 0.396 e. The number of nitrogens with zero attached hydrogens (tertiary/aromatic N) is 1. The van der Waals surface area contributed by atoms with E-state index in [0.29, 0.717) is 24.5 Å². The Morgan fingerprint density at radius 2 is 2.05 bits per heavy atom. The molecule has 112 valence electrons. The van der Waals surface area contributed by atoms with Crippen LogP contribution in [-0.2, 0) is 6.42 Å². The average molecular weight is 293 g/mol. The molecule has 3 nitrogen and oxygen atoms in total. The molecule has 3 atom stereocenters. The quantitative estimate of drug-likeness (QED) is 0.665. The van der Waals surface area contributed by atoms with E-state index < -0.39 is 0 Å². The van der Waals surface area contributed by atoms with E-state index in [4.69, 9.17) is 0 Å². The number of aromatic amines is 1. The van der Waals surface area contributed by atoms with Gasteiger partial charge in [-0.25, -0.2) is 0 Å². The molecule has 1 saturated carbocycles. The van der Waals surface area contributed by atoms with Gasteiger partial charge in [0, 0.05) is 48.2 Å². The Morgan fingerprint density at radius 1 is 1.14 bits per heavy atom. The van der Waals surface area contributed by atoms with Gasteiger partial charge >= 0.3 is 0 Å². The van der Waals surface area contributed by atoms with Crippen LogP contribution in [0.25, 0.3) is 21.8 Å². The van der Waals surface area contributed by atoms with Crippen LogP contribution in [0.2, 0.25) is 0 Å². The second-order valence-electron chi connectivity index (χ2n) is 7.00. The van der Waals surface area contributed by atoms with Crippen molar-refractivity contribution in [2.75, 3.05) is 6.61 Å². The molecule has 1 fully saturated rings. The Morgan fingerprint density at radius 3 is 2.95 bits per heavy atom. The summed E-state index contributed by atoms with van der Waals surface area (Å²) in [4.78, 5) is 3.64. The smallest absolute Gasteiger partial charge is 0.206 e. The van der Waals surface area contributed by atoms with Crippen LogP contribution in [0, 0.1) is 11.8 Å². The van der Waals surface area contributed by atoms with Crippen molar-refractivity contribution in [2.45, 2.75) is 31.7 Å². The van der Waals surface area contributed by atoms with Crippen LogP contribution < -0.4 is 4.57 Å². The number of hydrogen-bond donors (Lipinski definition) is 2. The van der Waals surface area contributed by atoms with Crippen molar-refractivity contribution in [3.8, 4) is 0 Å². The normalized spacial score (nSPS) is 27.2. The number of aliphatic hydroxyl groups is 1. The number of rotatable bonds is 1. The molecule has 1 aromatic carbocycles. The molecule has 0 spiro atoms. The SMILES string of the molecule is OC[C@H]1CC[C@H]2C[C@@H]1Cc1c3[nH]c4ccccc4c3cc[n+]12. The van der Waals surface area contributed by atoms with Gasteiger partial charge in [0.1, 0.15) is 5.52 Å². The van der Waals surface area contributed by atoms with Crippen molar-refractivity contribution in [1.29, 1.82) is 0 Å². The van der Waals surface area contributed by atoms with Gasteiger partial charge in [0.05, 0.1) is 0 Å². The van der Waals surface area contributed by atoms with Gasteiger partial charge in [-0.2, -0.15) is 4.57 Å². The summed E-state index contributed by atoms with van der Waals surface area (Å²) in [7, 11) is 0. The highest BCUT2D eigenvalue weighted by atomic mass is 16.3. The second-order valence-corrected chi connectivity index (χ2v) is 7.00. The minimum absolute atomic E-state index is 0.347. The highest BCUT2D eigenvalue weighted by Crippen LogP contribution is 2.40. The standard InChI is InChI=1S/C19H20N2O/c22-11-12-5-6-14-9-13(12)10-18-19-16(7-8-21(14)18)15-3-1-2-4-17(15)20-19/h1-4,7-8,12-14,22H,5-6,9-11H2/p+1/t12-,13-,14+/m1/s1. The van der Waals surface area contributed by atoms with Crippen molar-refractivity contribution >= 4 is 21.8 Å². The van der Waals surface area contributed by atoms with E-state index in [1.54, 1.807) is 0 Å². The Kier molecular flexibility index (Phi) is 2.62. The van der Waals surface area contributed by atoms with Gasteiger partial charge < -0.3 is 10.1 Å². The summed E-state index contributed by atoms with van der Waals surface area (Å²) in [5.74, 6) is 1.13. The number of hydrogen-bond acceptors (Lipinski definition) is 1. The van der Waals surface area contributed by atoms with Gasteiger partial charge in [-0.3, -0.25) is 0 Å². The Labute approximate surface area is 129 Å². The molecule has 1 aliphatic carbocycles. The fourth-order valence-electron chi connectivity index (χ4n) is 4.78. The van der Waals surface area contributed by atoms with E-state index in [0.717, 1.165) is 6.42 Å². The van der Waals surface area contributed by atoms with E-state index in [1.807, 2.05) is 0 Å². The highest BCUT2D eigenvalue weighted by Gasteiger charge is 2.42. The molecular weight excluding hydrogens is 272 g/mol. The van der Waals surface area contributed by atoms with Gasteiger partial charge in [-0.1, -0.05) is 18.2 Å². The summed E-state index contributed by atoms with van der Waals surface area (Å²) in [5, 5.41) is 12.3. The topological polar surface area (TPSA) is 39.9 Å². The summed E-state index contributed by atoms with van der Waals surface area (Å²) in [5.41, 5.74) is 3.96. The molecule has 3 heterocycles. The molecule has 0 unspecified atom stereocenters. The van der Waals surface area contributed by atoms with Crippen LogP contribution >= 0.6 is 0 Å². The van der Waals surface area contributed by atoms with E-state index >= 15 is 0 Å². The molecule has 5 rings (SSSR count). The molecule has 2 aliphatic rings. The van der Waals surface area contributed by atoms with E-state index in [1.165, 1.54) is 46.8 Å². The summed E-state index contributed by atoms with van der Waals surface area (Å²) in [6.07, 6.45) is 6.98. The average Bonchev–Trinajstić information content (AvgIpc) is 2.94. The van der Waals surface area contributed by atoms with Crippen LogP contribution in [0.3, 0.4) is 0 Å². The fraction of sp³-hybridized carbons (Fsp3) is 0.421. The number of pyridine rings is 1. The number of para-hydroxylation sites is 1. The summed E-state index contributed by atoms with van der Waals surface area (Å²) < 4.78 is 2.50. The van der Waals surface area contributed by atoms with Gasteiger partial charge in [0.25, 0.3) is 0 Å². The number of fused-ring (bicyclic) bond motifs is 8. The predicted molar refractivity (Wildman–Crippen MR) is 86.7 cm³/mol. The van der Waals surface area contributed by atoms with Crippen LogP contribution in [-0.4, -0.2) is 16.7 Å². The number of H-pyrrole nitrogens is 1. The molecule has 22 heavy (non-hydrogen) atoms. The van der Waals surface area contributed by atoms with Gasteiger partial charge in [0.15, 0.2) is 12.2 Å². The number of nitrogens with one attached hydrogen (secondary N) is 1. The van der Waals surface area contributed by atoms with Crippen molar-refractivity contribution in [1.82, 2.24) is 4.98 Å². The molecule has 1 aliphatic heterocycles. The highest BCUT2D eigenvalue weighted by molar-refractivity contribution is 6.07. The Hall–Kier alpha value is -1.87. The van der Waals surface area contributed by atoms with Crippen molar-refractivity contribution in [3.63, 3.8) is 0 Å². The molecule has 2 aromatic heterocycles. The van der Waals surface area contributed by atoms with Gasteiger partial charge in [0.2, 0.25) is 5.69 Å². The van der Waals surface area contributed by atoms with Crippen LogP contribution in [0.1, 0.15) is 31.0 Å². The van der Waals surface area contributed by atoms with Crippen molar-refractivity contribution in [2.24, 2.45) is 11.8 Å². The maximum Gasteiger partial charge on any atom is 0.206 e. The minimum atomic E-state index is 0.347. The van der Waals surface area contributed by atoms with E-state index in [-0.39, 0.29) is 0 Å². The van der Waals surface area contributed by atoms with Crippen LogP contribution in [0.4, 0.5) is 0 Å². The lowest BCUT2D eigenvalue weighted by atomic mass is 9.72. The summed E-state index contributed by atoms with van der Waals surface area (Å²) in [6, 6.07) is 11.5. The molecule has 2 N–H and O–H groups in total. The first-order chi connectivity index (χ1) is 10.8. The lowest BCUT2D eigenvalue weighted by molar-refractivity contribution is -0.739. The number of aromatic nitrogens is 2. The Bertz CT molecular complexity index is 866.